The highest BCUT2D eigenvalue weighted by molar-refractivity contribution is 6.09. The molecule has 6 nitrogen and oxygen atoms in total. The van der Waals surface area contributed by atoms with Crippen molar-refractivity contribution in [2.75, 3.05) is 5.32 Å². The molecule has 1 amide bonds. The van der Waals surface area contributed by atoms with Gasteiger partial charge in [0.05, 0.1) is 22.1 Å². The molecule has 0 bridgehead atoms. The summed E-state index contributed by atoms with van der Waals surface area (Å²) in [6.07, 6.45) is 5.66. The number of nitrogens with one attached hydrogen (secondary N) is 1. The van der Waals surface area contributed by atoms with Gasteiger partial charge in [0.1, 0.15) is 5.82 Å². The van der Waals surface area contributed by atoms with Crippen molar-refractivity contribution in [3.05, 3.63) is 76.5 Å². The number of nitrogens with zero attached hydrogens (tertiary/aromatic N) is 3. The number of hydrogen-bond acceptors (Lipinski definition) is 4. The molecule has 1 N–H and O–H groups in total. The fourth-order valence-corrected chi connectivity index (χ4v) is 3.97. The summed E-state index contributed by atoms with van der Waals surface area (Å²) in [5.41, 5.74) is 2.56. The molecule has 6 heteroatoms. The molecule has 1 aliphatic heterocycles. The van der Waals surface area contributed by atoms with Crippen molar-refractivity contribution in [1.82, 2.24) is 14.5 Å². The van der Waals surface area contributed by atoms with Crippen LogP contribution in [0.5, 0.6) is 0 Å². The zero-order valence-electron chi connectivity index (χ0n) is 15.9. The molecule has 5 rings (SSSR count). The molecule has 0 fully saturated rings. The highest BCUT2D eigenvalue weighted by atomic mass is 16.1. The van der Waals surface area contributed by atoms with Crippen molar-refractivity contribution in [3.8, 4) is 0 Å². The van der Waals surface area contributed by atoms with E-state index in [-0.39, 0.29) is 11.5 Å². The minimum absolute atomic E-state index is 0.0148. The second kappa shape index (κ2) is 7.13. The van der Waals surface area contributed by atoms with Crippen molar-refractivity contribution in [2.24, 2.45) is 0 Å². The lowest BCUT2D eigenvalue weighted by atomic mass is 10.1. The molecule has 0 saturated heterocycles. The van der Waals surface area contributed by atoms with Crippen molar-refractivity contribution in [2.45, 2.75) is 32.2 Å². The van der Waals surface area contributed by atoms with E-state index in [0.717, 1.165) is 42.4 Å². The topological polar surface area (TPSA) is 76.9 Å². The van der Waals surface area contributed by atoms with Gasteiger partial charge in [0, 0.05) is 30.1 Å². The molecule has 4 aromatic rings. The predicted octanol–water partition coefficient (Wildman–Crippen LogP) is 3.92. The molecule has 29 heavy (non-hydrogen) atoms. The van der Waals surface area contributed by atoms with Gasteiger partial charge in [-0.25, -0.2) is 4.98 Å². The summed E-state index contributed by atoms with van der Waals surface area (Å²) < 4.78 is 1.79. The number of amides is 1. The normalized spacial score (nSPS) is 13.8. The predicted molar refractivity (Wildman–Crippen MR) is 113 cm³/mol. The van der Waals surface area contributed by atoms with Gasteiger partial charge in [-0.3, -0.25) is 19.1 Å². The van der Waals surface area contributed by atoms with Crippen LogP contribution in [0.4, 0.5) is 5.69 Å². The molecule has 0 spiro atoms. The summed E-state index contributed by atoms with van der Waals surface area (Å²) in [5, 5.41) is 4.40. The van der Waals surface area contributed by atoms with Crippen LogP contribution in [0.25, 0.3) is 21.8 Å². The lowest BCUT2D eigenvalue weighted by molar-refractivity contribution is 0.102. The summed E-state index contributed by atoms with van der Waals surface area (Å²) in [4.78, 5) is 34.8. The summed E-state index contributed by atoms with van der Waals surface area (Å²) in [7, 11) is 0. The van der Waals surface area contributed by atoms with Gasteiger partial charge < -0.3 is 5.32 Å². The monoisotopic (exact) mass is 384 g/mol. The summed E-state index contributed by atoms with van der Waals surface area (Å²) in [6, 6.07) is 14.5. The van der Waals surface area contributed by atoms with E-state index in [9.17, 15) is 9.59 Å². The van der Waals surface area contributed by atoms with Crippen molar-refractivity contribution in [3.63, 3.8) is 0 Å². The van der Waals surface area contributed by atoms with Crippen LogP contribution in [0.1, 0.15) is 35.4 Å². The van der Waals surface area contributed by atoms with Gasteiger partial charge in [0.15, 0.2) is 0 Å². The average Bonchev–Trinajstić information content (AvgIpc) is 2.99. The summed E-state index contributed by atoms with van der Waals surface area (Å²) in [5.74, 6) is 0.581. The van der Waals surface area contributed by atoms with Crippen LogP contribution in [0.15, 0.2) is 59.5 Å². The third-order valence-electron chi connectivity index (χ3n) is 5.47. The highest BCUT2D eigenvalue weighted by Gasteiger charge is 2.16. The molecule has 2 aromatic heterocycles. The largest absolute Gasteiger partial charge is 0.321 e. The van der Waals surface area contributed by atoms with E-state index < -0.39 is 0 Å². The van der Waals surface area contributed by atoms with Gasteiger partial charge in [-0.05, 0) is 55.3 Å². The maximum absolute atomic E-state index is 12.9. The van der Waals surface area contributed by atoms with E-state index in [2.05, 4.69) is 10.3 Å². The van der Waals surface area contributed by atoms with Gasteiger partial charge in [-0.2, -0.15) is 0 Å². The van der Waals surface area contributed by atoms with E-state index in [4.69, 9.17) is 4.98 Å². The van der Waals surface area contributed by atoms with E-state index >= 15 is 0 Å². The maximum Gasteiger partial charge on any atom is 0.261 e. The number of fused-ring (bicyclic) bond motifs is 3. The number of hydrogen-bond donors (Lipinski definition) is 1. The fraction of sp³-hybridized carbons (Fsp3) is 0.217. The quantitative estimate of drug-likeness (QED) is 0.568. The van der Waals surface area contributed by atoms with Gasteiger partial charge >= 0.3 is 0 Å². The zero-order chi connectivity index (χ0) is 19.8. The summed E-state index contributed by atoms with van der Waals surface area (Å²) >= 11 is 0. The smallest absolute Gasteiger partial charge is 0.261 e. The van der Waals surface area contributed by atoms with E-state index in [1.54, 1.807) is 29.0 Å². The molecule has 2 aromatic carbocycles. The maximum atomic E-state index is 12.9. The van der Waals surface area contributed by atoms with Gasteiger partial charge in [-0.15, -0.1) is 0 Å². The Balaban J connectivity index is 1.53. The van der Waals surface area contributed by atoms with Crippen molar-refractivity contribution >= 4 is 33.4 Å². The van der Waals surface area contributed by atoms with E-state index in [1.165, 1.54) is 0 Å². The molecule has 3 heterocycles. The van der Waals surface area contributed by atoms with Crippen molar-refractivity contribution < 1.29 is 4.79 Å². The minimum atomic E-state index is -0.236. The number of pyridine rings is 1. The molecular weight excluding hydrogens is 364 g/mol. The number of carbonyl (C=O) groups is 1. The van der Waals surface area contributed by atoms with Crippen LogP contribution in [0.3, 0.4) is 0 Å². The number of anilines is 1. The molecule has 0 aliphatic carbocycles. The molecule has 144 valence electrons. The second-order valence-electron chi connectivity index (χ2n) is 7.36. The first-order valence-corrected chi connectivity index (χ1v) is 9.89. The Hall–Kier alpha value is -3.54. The Morgan fingerprint density at radius 2 is 1.90 bits per heavy atom. The highest BCUT2D eigenvalue weighted by Crippen LogP contribution is 2.23. The Labute approximate surface area is 167 Å². The molecule has 0 radical (unpaired) electrons. The van der Waals surface area contributed by atoms with Gasteiger partial charge in [0.2, 0.25) is 0 Å². The van der Waals surface area contributed by atoms with E-state index in [1.807, 2.05) is 30.3 Å². The Bertz CT molecular complexity index is 1300. The Morgan fingerprint density at radius 3 is 2.83 bits per heavy atom. The zero-order valence-corrected chi connectivity index (χ0v) is 15.9. The Kier molecular flexibility index (Phi) is 4.31. The fourth-order valence-electron chi connectivity index (χ4n) is 3.97. The molecule has 1 aliphatic rings. The van der Waals surface area contributed by atoms with Crippen LogP contribution < -0.4 is 10.9 Å². The van der Waals surface area contributed by atoms with Crippen molar-refractivity contribution in [1.29, 1.82) is 0 Å². The first-order chi connectivity index (χ1) is 14.2. The number of rotatable bonds is 2. The van der Waals surface area contributed by atoms with Gasteiger partial charge in [0.25, 0.3) is 11.5 Å². The second-order valence-corrected chi connectivity index (χ2v) is 7.36. The number of carbonyl (C=O) groups excluding carboxylic acids is 1. The molecule has 0 unspecified atom stereocenters. The Morgan fingerprint density at radius 1 is 0.966 bits per heavy atom. The SMILES string of the molecule is O=C(Nc1cccc2ncccc12)c1ccc2c(=O)n3c(nc2c1)CCCCC3. The van der Waals surface area contributed by atoms with Crippen LogP contribution in [-0.2, 0) is 13.0 Å². The standard InChI is InChI=1S/C23H20N4O2/c28-22(26-19-8-4-7-18-16(19)6-5-12-24-18)15-10-11-17-20(14-15)25-21-9-2-1-3-13-27(21)23(17)29/h4-8,10-12,14H,1-3,9,13H2,(H,26,28). The van der Waals surface area contributed by atoms with E-state index in [0.29, 0.717) is 28.7 Å². The third kappa shape index (κ3) is 3.16. The molecular formula is C23H20N4O2. The first-order valence-electron chi connectivity index (χ1n) is 9.89. The van der Waals surface area contributed by atoms with Gasteiger partial charge in [-0.1, -0.05) is 12.5 Å². The van der Waals surface area contributed by atoms with Crippen LogP contribution in [0, 0.1) is 0 Å². The molecule has 0 saturated carbocycles. The average molecular weight is 384 g/mol. The number of aromatic nitrogens is 3. The third-order valence-corrected chi connectivity index (χ3v) is 5.47. The molecule has 0 atom stereocenters. The number of benzene rings is 2. The van der Waals surface area contributed by atoms with Crippen LogP contribution in [-0.4, -0.2) is 20.4 Å². The van der Waals surface area contributed by atoms with Crippen LogP contribution in [0.2, 0.25) is 0 Å². The number of aryl methyl sites for hydroxylation is 1. The lowest BCUT2D eigenvalue weighted by Gasteiger charge is -2.11. The minimum Gasteiger partial charge on any atom is -0.321 e. The lowest BCUT2D eigenvalue weighted by Crippen LogP contribution is -2.24. The first kappa shape index (κ1) is 17.6. The van der Waals surface area contributed by atoms with Crippen LogP contribution >= 0.6 is 0 Å². The summed E-state index contributed by atoms with van der Waals surface area (Å²) in [6.45, 7) is 0.717.